The Morgan fingerprint density at radius 3 is 2.53 bits per heavy atom. The molecule has 88 valence electrons. The number of hydrogen-bond donors (Lipinski definition) is 0. The fraction of sp³-hybridized carbons (Fsp3) is 0. The molecule has 0 radical (unpaired) electrons. The Labute approximate surface area is 101 Å². The van der Waals surface area contributed by atoms with E-state index in [1.165, 1.54) is 18.5 Å². The highest BCUT2D eigenvalue weighted by atomic mass is 35.7. The summed E-state index contributed by atoms with van der Waals surface area (Å²) < 4.78 is 23.2. The van der Waals surface area contributed by atoms with Gasteiger partial charge in [0.1, 0.15) is 0 Å². The predicted molar refractivity (Wildman–Crippen MR) is 60.7 cm³/mol. The van der Waals surface area contributed by atoms with Crippen molar-refractivity contribution in [2.45, 2.75) is 4.90 Å². The minimum atomic E-state index is -4.09. The lowest BCUT2D eigenvalue weighted by Gasteiger charge is -2.03. The van der Waals surface area contributed by atoms with E-state index in [1.54, 1.807) is 12.1 Å². The van der Waals surface area contributed by atoms with Crippen LogP contribution in [0.1, 0.15) is 0 Å². The zero-order valence-electron chi connectivity index (χ0n) is 8.32. The van der Waals surface area contributed by atoms with E-state index in [9.17, 15) is 13.2 Å². The van der Waals surface area contributed by atoms with Crippen molar-refractivity contribution < 1.29 is 8.42 Å². The number of aromatic nitrogens is 3. The van der Waals surface area contributed by atoms with Gasteiger partial charge in [0.25, 0.3) is 14.6 Å². The van der Waals surface area contributed by atoms with Gasteiger partial charge in [0, 0.05) is 23.1 Å². The summed E-state index contributed by atoms with van der Waals surface area (Å²) in [5, 5.41) is 3.74. The molecule has 0 aromatic carbocycles. The number of hydrogen-bond acceptors (Lipinski definition) is 5. The zero-order chi connectivity index (χ0) is 12.5. The summed E-state index contributed by atoms with van der Waals surface area (Å²) in [4.78, 5) is 15.2. The zero-order valence-corrected chi connectivity index (χ0v) is 9.89. The first kappa shape index (κ1) is 11.7. The molecule has 0 spiro atoms. The molecule has 17 heavy (non-hydrogen) atoms. The summed E-state index contributed by atoms with van der Waals surface area (Å²) >= 11 is 0. The monoisotopic (exact) mass is 271 g/mol. The minimum absolute atomic E-state index is 0.222. The van der Waals surface area contributed by atoms with Gasteiger partial charge in [0.05, 0.1) is 0 Å². The molecule has 0 aliphatic carbocycles. The molecule has 0 fully saturated rings. The molecule has 0 aliphatic heterocycles. The molecule has 0 saturated carbocycles. The van der Waals surface area contributed by atoms with Gasteiger partial charge in [-0.2, -0.15) is 9.78 Å². The summed E-state index contributed by atoms with van der Waals surface area (Å²) in [5.74, 6) is 0.222. The Bertz CT molecular complexity index is 697. The number of halogens is 1. The van der Waals surface area contributed by atoms with Crippen LogP contribution in [0, 0.1) is 0 Å². The van der Waals surface area contributed by atoms with Crippen LogP contribution in [0.5, 0.6) is 0 Å². The third-order valence-electron chi connectivity index (χ3n) is 1.94. The average Bonchev–Trinajstić information content (AvgIpc) is 2.29. The first-order valence-electron chi connectivity index (χ1n) is 4.44. The Kier molecular flexibility index (Phi) is 2.95. The molecule has 8 heteroatoms. The quantitative estimate of drug-likeness (QED) is 0.745. The lowest BCUT2D eigenvalue weighted by Crippen LogP contribution is -2.25. The van der Waals surface area contributed by atoms with Crippen molar-refractivity contribution in [3.8, 4) is 5.82 Å². The molecular weight excluding hydrogens is 266 g/mol. The highest BCUT2D eigenvalue weighted by Crippen LogP contribution is 2.09. The van der Waals surface area contributed by atoms with Crippen molar-refractivity contribution in [2.75, 3.05) is 0 Å². The van der Waals surface area contributed by atoms with Crippen molar-refractivity contribution in [3.05, 3.63) is 47.0 Å². The van der Waals surface area contributed by atoms with Crippen molar-refractivity contribution in [1.29, 1.82) is 0 Å². The Morgan fingerprint density at radius 1 is 1.18 bits per heavy atom. The standard InChI is InChI=1S/C9H6ClN3O3S/c10-17(15,16)7-4-6-12-13(9(7)14)8-3-1-2-5-11-8/h1-6H. The fourth-order valence-corrected chi connectivity index (χ4v) is 2.09. The number of pyridine rings is 1. The lowest BCUT2D eigenvalue weighted by molar-refractivity contribution is 0.605. The van der Waals surface area contributed by atoms with Crippen LogP contribution in [0.2, 0.25) is 0 Å². The van der Waals surface area contributed by atoms with Gasteiger partial charge in [-0.25, -0.2) is 13.4 Å². The Hall–Kier alpha value is -1.73. The lowest BCUT2D eigenvalue weighted by atomic mass is 10.4. The smallest absolute Gasteiger partial charge is 0.266 e. The second kappa shape index (κ2) is 4.27. The largest absolute Gasteiger partial charge is 0.293 e. The van der Waals surface area contributed by atoms with Crippen LogP contribution in [0.4, 0.5) is 0 Å². The summed E-state index contributed by atoms with van der Waals surface area (Å²) in [5.41, 5.74) is -0.832. The normalized spacial score (nSPS) is 11.4. The van der Waals surface area contributed by atoms with E-state index in [0.717, 1.165) is 10.7 Å². The first-order valence-corrected chi connectivity index (χ1v) is 6.75. The molecule has 0 bridgehead atoms. The van der Waals surface area contributed by atoms with Crippen LogP contribution in [-0.4, -0.2) is 23.2 Å². The molecule has 2 heterocycles. The summed E-state index contributed by atoms with van der Waals surface area (Å²) in [6.07, 6.45) is 2.64. The van der Waals surface area contributed by atoms with E-state index in [0.29, 0.717) is 0 Å². The predicted octanol–water partition coefficient (Wildman–Crippen LogP) is 0.555. The molecule has 0 atom stereocenters. The highest BCUT2D eigenvalue weighted by molar-refractivity contribution is 8.13. The number of rotatable bonds is 2. The summed E-state index contributed by atoms with van der Waals surface area (Å²) in [6, 6.07) is 5.89. The van der Waals surface area contributed by atoms with Gasteiger partial charge in [-0.15, -0.1) is 0 Å². The molecule has 0 unspecified atom stereocenters. The van der Waals surface area contributed by atoms with Gasteiger partial charge in [0.15, 0.2) is 10.7 Å². The average molecular weight is 272 g/mol. The van der Waals surface area contributed by atoms with Crippen molar-refractivity contribution in [1.82, 2.24) is 14.8 Å². The number of nitrogens with zero attached hydrogens (tertiary/aromatic N) is 3. The van der Waals surface area contributed by atoms with Gasteiger partial charge in [-0.1, -0.05) is 6.07 Å². The van der Waals surface area contributed by atoms with Crippen molar-refractivity contribution in [2.24, 2.45) is 0 Å². The molecule has 2 aromatic heterocycles. The van der Waals surface area contributed by atoms with Gasteiger partial charge in [-0.05, 0) is 18.2 Å². The van der Waals surface area contributed by atoms with Crippen LogP contribution in [0.15, 0.2) is 46.3 Å². The van der Waals surface area contributed by atoms with E-state index in [4.69, 9.17) is 10.7 Å². The maximum absolute atomic E-state index is 11.8. The molecule has 0 amide bonds. The maximum Gasteiger partial charge on any atom is 0.293 e. The molecule has 2 aromatic rings. The van der Waals surface area contributed by atoms with Crippen LogP contribution in [0.25, 0.3) is 5.82 Å². The van der Waals surface area contributed by atoms with Gasteiger partial charge in [0.2, 0.25) is 0 Å². The SMILES string of the molecule is O=c1c(S(=O)(=O)Cl)ccnn1-c1ccccn1. The van der Waals surface area contributed by atoms with Crippen LogP contribution < -0.4 is 5.56 Å². The Balaban J connectivity index is 2.72. The first-order chi connectivity index (χ1) is 8.00. The van der Waals surface area contributed by atoms with Crippen LogP contribution >= 0.6 is 10.7 Å². The second-order valence-corrected chi connectivity index (χ2v) is 5.57. The molecule has 0 saturated heterocycles. The third kappa shape index (κ3) is 2.34. The van der Waals surface area contributed by atoms with E-state index < -0.39 is 19.5 Å². The van der Waals surface area contributed by atoms with Crippen LogP contribution in [-0.2, 0) is 9.05 Å². The molecule has 0 aliphatic rings. The fourth-order valence-electron chi connectivity index (χ4n) is 1.22. The topological polar surface area (TPSA) is 81.9 Å². The van der Waals surface area contributed by atoms with E-state index in [2.05, 4.69) is 10.1 Å². The molecule has 2 rings (SSSR count). The van der Waals surface area contributed by atoms with Crippen molar-refractivity contribution >= 4 is 19.7 Å². The maximum atomic E-state index is 11.8. The summed E-state index contributed by atoms with van der Waals surface area (Å²) in [7, 11) is 1.04. The third-order valence-corrected chi connectivity index (χ3v) is 3.27. The van der Waals surface area contributed by atoms with Crippen LogP contribution in [0.3, 0.4) is 0 Å². The Morgan fingerprint density at radius 2 is 1.94 bits per heavy atom. The molecule has 6 nitrogen and oxygen atoms in total. The van der Waals surface area contributed by atoms with Crippen molar-refractivity contribution in [3.63, 3.8) is 0 Å². The highest BCUT2D eigenvalue weighted by Gasteiger charge is 2.17. The van der Waals surface area contributed by atoms with Gasteiger partial charge >= 0.3 is 0 Å². The summed E-state index contributed by atoms with van der Waals surface area (Å²) in [6.45, 7) is 0. The van der Waals surface area contributed by atoms with E-state index in [-0.39, 0.29) is 5.82 Å². The molecular formula is C9H6ClN3O3S. The van der Waals surface area contributed by atoms with E-state index >= 15 is 0 Å². The van der Waals surface area contributed by atoms with Gasteiger partial charge in [-0.3, -0.25) is 4.79 Å². The molecule has 0 N–H and O–H groups in total. The van der Waals surface area contributed by atoms with Gasteiger partial charge < -0.3 is 0 Å². The second-order valence-electron chi connectivity index (χ2n) is 3.04. The van der Waals surface area contributed by atoms with E-state index in [1.807, 2.05) is 0 Å². The minimum Gasteiger partial charge on any atom is -0.266 e.